The molecule has 2 N–H and O–H groups in total. The molecule has 0 saturated carbocycles. The van der Waals surface area contributed by atoms with Crippen LogP contribution in [0.1, 0.15) is 18.4 Å². The zero-order valence-corrected chi connectivity index (χ0v) is 12.0. The summed E-state index contributed by atoms with van der Waals surface area (Å²) in [5.74, 6) is 0.0632. The van der Waals surface area contributed by atoms with Crippen molar-refractivity contribution in [1.82, 2.24) is 5.32 Å². The molecule has 1 aromatic rings. The molecule has 1 unspecified atom stereocenters. The van der Waals surface area contributed by atoms with Crippen LogP contribution in [-0.2, 0) is 4.79 Å². The highest BCUT2D eigenvalue weighted by Gasteiger charge is 2.21. The Morgan fingerprint density at radius 1 is 1.53 bits per heavy atom. The van der Waals surface area contributed by atoms with E-state index in [1.807, 2.05) is 25.1 Å². The molecule has 1 aromatic carbocycles. The average Bonchev–Trinajstić information content (AvgIpc) is 2.77. The molecule has 1 heterocycles. The summed E-state index contributed by atoms with van der Waals surface area (Å²) in [5.41, 5.74) is 2.01. The van der Waals surface area contributed by atoms with Gasteiger partial charge in [0.2, 0.25) is 5.91 Å². The number of halogens is 2. The number of nitrogens with one attached hydrogen (secondary N) is 2. The fourth-order valence-electron chi connectivity index (χ4n) is 1.81. The maximum absolute atomic E-state index is 11.8. The third kappa shape index (κ3) is 3.69. The number of anilines is 1. The SMILES string of the molecule is Cc1ccc(NC(=O)C2CCCN2)cc1Br.Cl. The highest BCUT2D eigenvalue weighted by molar-refractivity contribution is 9.10. The van der Waals surface area contributed by atoms with Gasteiger partial charge in [-0.05, 0) is 44.0 Å². The fraction of sp³-hybridized carbons (Fsp3) is 0.417. The molecular weight excluding hydrogens is 304 g/mol. The number of amides is 1. The summed E-state index contributed by atoms with van der Waals surface area (Å²) in [6, 6.07) is 5.82. The van der Waals surface area contributed by atoms with E-state index in [1.54, 1.807) is 0 Å². The molecule has 0 spiro atoms. The van der Waals surface area contributed by atoms with Crippen molar-refractivity contribution < 1.29 is 4.79 Å². The van der Waals surface area contributed by atoms with Crippen molar-refractivity contribution in [3.8, 4) is 0 Å². The van der Waals surface area contributed by atoms with Gasteiger partial charge >= 0.3 is 0 Å². The van der Waals surface area contributed by atoms with E-state index in [-0.39, 0.29) is 24.4 Å². The van der Waals surface area contributed by atoms with Crippen LogP contribution >= 0.6 is 28.3 Å². The van der Waals surface area contributed by atoms with Crippen molar-refractivity contribution in [1.29, 1.82) is 0 Å². The van der Waals surface area contributed by atoms with Crippen molar-refractivity contribution in [2.45, 2.75) is 25.8 Å². The summed E-state index contributed by atoms with van der Waals surface area (Å²) in [7, 11) is 0. The lowest BCUT2D eigenvalue weighted by Gasteiger charge is -2.11. The fourth-order valence-corrected chi connectivity index (χ4v) is 2.19. The maximum atomic E-state index is 11.8. The minimum absolute atomic E-state index is 0. The van der Waals surface area contributed by atoms with Gasteiger partial charge in [0, 0.05) is 10.2 Å². The zero-order chi connectivity index (χ0) is 11.5. The molecule has 0 bridgehead atoms. The van der Waals surface area contributed by atoms with Gasteiger partial charge in [0.1, 0.15) is 0 Å². The van der Waals surface area contributed by atoms with Crippen molar-refractivity contribution in [3.63, 3.8) is 0 Å². The summed E-state index contributed by atoms with van der Waals surface area (Å²) in [6.45, 7) is 2.96. The summed E-state index contributed by atoms with van der Waals surface area (Å²) < 4.78 is 1.02. The summed E-state index contributed by atoms with van der Waals surface area (Å²) in [6.07, 6.45) is 2.01. The first-order chi connectivity index (χ1) is 7.66. The van der Waals surface area contributed by atoms with E-state index in [0.29, 0.717) is 0 Å². The molecule has 5 heteroatoms. The van der Waals surface area contributed by atoms with Gasteiger partial charge in [-0.2, -0.15) is 0 Å². The normalized spacial score (nSPS) is 18.6. The smallest absolute Gasteiger partial charge is 0.241 e. The van der Waals surface area contributed by atoms with Crippen LogP contribution in [0.4, 0.5) is 5.69 Å². The molecular formula is C12H16BrClN2O. The largest absolute Gasteiger partial charge is 0.325 e. The number of rotatable bonds is 2. The molecule has 3 nitrogen and oxygen atoms in total. The predicted molar refractivity (Wildman–Crippen MR) is 75.8 cm³/mol. The first kappa shape index (κ1) is 14.5. The quantitative estimate of drug-likeness (QED) is 0.880. The Balaban J connectivity index is 0.00000144. The van der Waals surface area contributed by atoms with E-state index in [2.05, 4.69) is 26.6 Å². The summed E-state index contributed by atoms with van der Waals surface area (Å²) in [4.78, 5) is 11.8. The molecule has 0 aliphatic carbocycles. The molecule has 1 saturated heterocycles. The second-order valence-corrected chi connectivity index (χ2v) is 4.96. The van der Waals surface area contributed by atoms with Crippen LogP contribution < -0.4 is 10.6 Å². The Bertz CT molecular complexity index is 405. The van der Waals surface area contributed by atoms with Crippen molar-refractivity contribution in [2.75, 3.05) is 11.9 Å². The van der Waals surface area contributed by atoms with Crippen LogP contribution in [0.25, 0.3) is 0 Å². The van der Waals surface area contributed by atoms with Crippen molar-refractivity contribution in [2.24, 2.45) is 0 Å². The van der Waals surface area contributed by atoms with E-state index in [0.717, 1.165) is 35.1 Å². The second kappa shape index (κ2) is 6.38. The molecule has 1 fully saturated rings. The minimum atomic E-state index is -0.0277. The van der Waals surface area contributed by atoms with Gasteiger partial charge in [-0.1, -0.05) is 22.0 Å². The molecule has 2 rings (SSSR count). The van der Waals surface area contributed by atoms with Gasteiger partial charge in [-0.3, -0.25) is 4.79 Å². The molecule has 1 aliphatic rings. The van der Waals surface area contributed by atoms with Gasteiger partial charge < -0.3 is 10.6 Å². The number of hydrogen-bond donors (Lipinski definition) is 2. The first-order valence-electron chi connectivity index (χ1n) is 5.47. The Kier molecular flexibility index (Phi) is 5.43. The lowest BCUT2D eigenvalue weighted by atomic mass is 10.2. The standard InChI is InChI=1S/C12H15BrN2O.ClH/c1-8-4-5-9(7-10(8)13)15-12(16)11-3-2-6-14-11;/h4-5,7,11,14H,2-3,6H2,1H3,(H,15,16);1H. The van der Waals surface area contributed by atoms with Gasteiger partial charge in [0.25, 0.3) is 0 Å². The number of aryl methyl sites for hydroxylation is 1. The topological polar surface area (TPSA) is 41.1 Å². The van der Waals surface area contributed by atoms with Gasteiger partial charge in [0.15, 0.2) is 0 Å². The minimum Gasteiger partial charge on any atom is -0.325 e. The monoisotopic (exact) mass is 318 g/mol. The molecule has 94 valence electrons. The van der Waals surface area contributed by atoms with Gasteiger partial charge in [-0.25, -0.2) is 0 Å². The Morgan fingerprint density at radius 3 is 2.88 bits per heavy atom. The van der Waals surface area contributed by atoms with E-state index in [4.69, 9.17) is 0 Å². The number of hydrogen-bond acceptors (Lipinski definition) is 2. The van der Waals surface area contributed by atoms with Gasteiger partial charge in [0.05, 0.1) is 6.04 Å². The van der Waals surface area contributed by atoms with E-state index < -0.39 is 0 Å². The Labute approximate surface area is 116 Å². The first-order valence-corrected chi connectivity index (χ1v) is 6.26. The number of carbonyl (C=O) groups is 1. The van der Waals surface area contributed by atoms with E-state index in [1.165, 1.54) is 0 Å². The van der Waals surface area contributed by atoms with Crippen LogP contribution in [0.15, 0.2) is 22.7 Å². The lowest BCUT2D eigenvalue weighted by Crippen LogP contribution is -2.35. The van der Waals surface area contributed by atoms with E-state index in [9.17, 15) is 4.79 Å². The maximum Gasteiger partial charge on any atom is 0.241 e. The average molecular weight is 320 g/mol. The molecule has 0 radical (unpaired) electrons. The molecule has 1 amide bonds. The summed E-state index contributed by atoms with van der Waals surface area (Å²) in [5, 5.41) is 6.10. The van der Waals surface area contributed by atoms with Crippen LogP contribution in [0.5, 0.6) is 0 Å². The lowest BCUT2D eigenvalue weighted by molar-refractivity contribution is -0.117. The zero-order valence-electron chi connectivity index (χ0n) is 9.63. The third-order valence-electron chi connectivity index (χ3n) is 2.82. The third-order valence-corrected chi connectivity index (χ3v) is 3.67. The highest BCUT2D eigenvalue weighted by atomic mass is 79.9. The van der Waals surface area contributed by atoms with Crippen LogP contribution in [0.3, 0.4) is 0 Å². The second-order valence-electron chi connectivity index (χ2n) is 4.10. The predicted octanol–water partition coefficient (Wildman–Crippen LogP) is 2.87. The molecule has 0 aromatic heterocycles. The van der Waals surface area contributed by atoms with Crippen LogP contribution in [0.2, 0.25) is 0 Å². The van der Waals surface area contributed by atoms with Crippen LogP contribution in [-0.4, -0.2) is 18.5 Å². The molecule has 17 heavy (non-hydrogen) atoms. The van der Waals surface area contributed by atoms with Crippen molar-refractivity contribution in [3.05, 3.63) is 28.2 Å². The Morgan fingerprint density at radius 2 is 2.29 bits per heavy atom. The van der Waals surface area contributed by atoms with Crippen LogP contribution in [0, 0.1) is 6.92 Å². The number of carbonyl (C=O) groups excluding carboxylic acids is 1. The number of benzene rings is 1. The molecule has 1 aliphatic heterocycles. The summed E-state index contributed by atoms with van der Waals surface area (Å²) >= 11 is 3.45. The van der Waals surface area contributed by atoms with E-state index >= 15 is 0 Å². The van der Waals surface area contributed by atoms with Gasteiger partial charge in [-0.15, -0.1) is 12.4 Å². The molecule has 1 atom stereocenters. The van der Waals surface area contributed by atoms with Crippen molar-refractivity contribution >= 4 is 39.9 Å². The Hall–Kier alpha value is -0.580. The highest BCUT2D eigenvalue weighted by Crippen LogP contribution is 2.21.